The molecule has 0 radical (unpaired) electrons. The van der Waals surface area contributed by atoms with Crippen LogP contribution in [0.4, 0.5) is 0 Å². The van der Waals surface area contributed by atoms with Gasteiger partial charge in [0.25, 0.3) is 5.91 Å². The van der Waals surface area contributed by atoms with E-state index in [1.165, 1.54) is 0 Å². The zero-order valence-corrected chi connectivity index (χ0v) is 13.8. The normalized spacial score (nSPS) is 11.2. The number of carbonyl (C=O) groups is 2. The summed E-state index contributed by atoms with van der Waals surface area (Å²) in [4.78, 5) is 23.8. The maximum atomic E-state index is 12.3. The Morgan fingerprint density at radius 1 is 1.35 bits per heavy atom. The van der Waals surface area contributed by atoms with Gasteiger partial charge in [-0.1, -0.05) is 0 Å². The molecule has 2 aromatic rings. The highest BCUT2D eigenvalue weighted by atomic mass is 16.5. The molecule has 126 valence electrons. The largest absolute Gasteiger partial charge is 0.460 e. The number of hydrogen-bond acceptors (Lipinski definition) is 5. The molecule has 1 N–H and O–H groups in total. The van der Waals surface area contributed by atoms with Gasteiger partial charge in [0.1, 0.15) is 11.5 Å². The van der Waals surface area contributed by atoms with Crippen molar-refractivity contribution in [2.24, 2.45) is 0 Å². The molecule has 2 aromatic heterocycles. The zero-order chi connectivity index (χ0) is 17.0. The number of esters is 1. The first-order valence-electron chi connectivity index (χ1n) is 7.48. The Balaban J connectivity index is 2.07. The molecule has 0 spiro atoms. The molecule has 0 fully saturated rings. The first-order chi connectivity index (χ1) is 10.9. The Hall–Kier alpha value is -2.28. The van der Waals surface area contributed by atoms with E-state index in [0.717, 1.165) is 11.3 Å². The van der Waals surface area contributed by atoms with Crippen LogP contribution < -0.4 is 5.32 Å². The van der Waals surface area contributed by atoms with Gasteiger partial charge in [-0.2, -0.15) is 0 Å². The highest BCUT2D eigenvalue weighted by molar-refractivity contribution is 5.95. The van der Waals surface area contributed by atoms with Crippen LogP contribution in [0.25, 0.3) is 11.1 Å². The maximum Gasteiger partial charge on any atom is 0.355 e. The van der Waals surface area contributed by atoms with Crippen molar-refractivity contribution in [3.05, 3.63) is 23.6 Å². The van der Waals surface area contributed by atoms with Gasteiger partial charge in [-0.3, -0.25) is 4.79 Å². The summed E-state index contributed by atoms with van der Waals surface area (Å²) in [6, 6.07) is 3.58. The van der Waals surface area contributed by atoms with E-state index in [0.29, 0.717) is 24.4 Å². The summed E-state index contributed by atoms with van der Waals surface area (Å²) in [5, 5.41) is 2.59. The molecule has 0 saturated carbocycles. The van der Waals surface area contributed by atoms with Gasteiger partial charge in [-0.25, -0.2) is 4.79 Å². The first kappa shape index (κ1) is 17.1. The number of nitrogens with zero attached hydrogens (tertiary/aromatic N) is 1. The summed E-state index contributed by atoms with van der Waals surface area (Å²) in [5.41, 5.74) is 1.85. The zero-order valence-electron chi connectivity index (χ0n) is 13.8. The molecule has 2 rings (SSSR count). The van der Waals surface area contributed by atoms with Crippen LogP contribution in [0.15, 0.2) is 16.5 Å². The van der Waals surface area contributed by atoms with Crippen molar-refractivity contribution in [1.29, 1.82) is 0 Å². The summed E-state index contributed by atoms with van der Waals surface area (Å²) in [5.74, 6) is -0.135. The fourth-order valence-corrected chi connectivity index (χ4v) is 2.40. The van der Waals surface area contributed by atoms with Gasteiger partial charge in [0.2, 0.25) is 0 Å². The molecule has 7 nitrogen and oxygen atoms in total. The summed E-state index contributed by atoms with van der Waals surface area (Å²) >= 11 is 0. The van der Waals surface area contributed by atoms with Crippen LogP contribution >= 0.6 is 0 Å². The van der Waals surface area contributed by atoms with Crippen molar-refractivity contribution < 1.29 is 23.5 Å². The van der Waals surface area contributed by atoms with Crippen molar-refractivity contribution in [2.45, 2.75) is 26.8 Å². The van der Waals surface area contributed by atoms with Crippen molar-refractivity contribution in [1.82, 2.24) is 9.88 Å². The van der Waals surface area contributed by atoms with E-state index in [1.54, 1.807) is 13.2 Å². The second-order valence-corrected chi connectivity index (χ2v) is 5.52. The number of ether oxygens (including phenoxy) is 2. The van der Waals surface area contributed by atoms with Crippen molar-refractivity contribution >= 4 is 23.0 Å². The molecule has 7 heteroatoms. The Morgan fingerprint density at radius 2 is 2.09 bits per heavy atom. The molecule has 0 aliphatic rings. The second-order valence-electron chi connectivity index (χ2n) is 5.52. The number of aryl methyl sites for hydroxylation is 1. The lowest BCUT2D eigenvalue weighted by atomic mass is 10.3. The number of aromatic nitrogens is 1. The Labute approximate surface area is 134 Å². The van der Waals surface area contributed by atoms with Gasteiger partial charge in [-0.05, 0) is 20.8 Å². The maximum absolute atomic E-state index is 12.3. The fourth-order valence-electron chi connectivity index (χ4n) is 2.40. The quantitative estimate of drug-likeness (QED) is 0.623. The van der Waals surface area contributed by atoms with Crippen LogP contribution in [0, 0.1) is 6.92 Å². The van der Waals surface area contributed by atoms with E-state index in [9.17, 15) is 9.59 Å². The van der Waals surface area contributed by atoms with Crippen LogP contribution in [0.1, 0.15) is 36.1 Å². The number of carbonyl (C=O) groups excluding carboxylic acids is 2. The molecular weight excluding hydrogens is 300 g/mol. The predicted octanol–water partition coefficient (Wildman–Crippen LogP) is 2.04. The van der Waals surface area contributed by atoms with E-state index in [1.807, 2.05) is 31.4 Å². The molecule has 0 aliphatic carbocycles. The lowest BCUT2D eigenvalue weighted by Crippen LogP contribution is -2.31. The number of amides is 1. The van der Waals surface area contributed by atoms with E-state index < -0.39 is 5.97 Å². The number of nitrogens with one attached hydrogen (secondary N) is 1. The fraction of sp³-hybridized carbons (Fsp3) is 0.500. The van der Waals surface area contributed by atoms with Gasteiger partial charge >= 0.3 is 5.97 Å². The third kappa shape index (κ3) is 3.92. The van der Waals surface area contributed by atoms with Crippen LogP contribution in [-0.4, -0.2) is 43.3 Å². The predicted molar refractivity (Wildman–Crippen MR) is 84.5 cm³/mol. The number of hydrogen-bond donors (Lipinski definition) is 1. The summed E-state index contributed by atoms with van der Waals surface area (Å²) in [6.07, 6.45) is 0. The van der Waals surface area contributed by atoms with Gasteiger partial charge in [0.15, 0.2) is 12.2 Å². The van der Waals surface area contributed by atoms with Crippen LogP contribution in [0.3, 0.4) is 0 Å². The Morgan fingerprint density at radius 3 is 2.74 bits per heavy atom. The number of furan rings is 1. The molecule has 0 bridgehead atoms. The number of rotatable bonds is 7. The average Bonchev–Trinajstić information content (AvgIpc) is 3.00. The molecular formula is C16H22N2O5. The molecule has 0 saturated heterocycles. The Kier molecular flexibility index (Phi) is 5.44. The van der Waals surface area contributed by atoms with E-state index in [2.05, 4.69) is 5.32 Å². The second kappa shape index (κ2) is 7.32. The highest BCUT2D eigenvalue weighted by Crippen LogP contribution is 2.27. The Bertz CT molecular complexity index is 699. The third-order valence-electron chi connectivity index (χ3n) is 3.34. The molecule has 2 heterocycles. The van der Waals surface area contributed by atoms with Gasteiger partial charge in [-0.15, -0.1) is 0 Å². The molecule has 23 heavy (non-hydrogen) atoms. The first-order valence-corrected chi connectivity index (χ1v) is 7.48. The minimum atomic E-state index is -0.551. The van der Waals surface area contributed by atoms with Crippen LogP contribution in [0.5, 0.6) is 0 Å². The number of fused-ring (bicyclic) bond motifs is 1. The summed E-state index contributed by atoms with van der Waals surface area (Å²) < 4.78 is 17.3. The average molecular weight is 322 g/mol. The minimum absolute atomic E-state index is 0.0579. The SMILES string of the molecule is COCCNC(=O)COC(=O)c1cc2oc(C)cc2n1C(C)C. The lowest BCUT2D eigenvalue weighted by Gasteiger charge is -2.13. The number of methoxy groups -OCH3 is 1. The molecule has 0 aromatic carbocycles. The highest BCUT2D eigenvalue weighted by Gasteiger charge is 2.21. The van der Waals surface area contributed by atoms with Crippen LogP contribution in [-0.2, 0) is 14.3 Å². The van der Waals surface area contributed by atoms with E-state index in [-0.39, 0.29) is 18.6 Å². The standard InChI is InChI=1S/C16H22N2O5/c1-10(2)18-12-7-11(3)23-14(12)8-13(18)16(20)22-9-15(19)17-5-6-21-4/h7-8,10H,5-6,9H2,1-4H3,(H,17,19). The lowest BCUT2D eigenvalue weighted by molar-refractivity contribution is -0.124. The van der Waals surface area contributed by atoms with E-state index in [4.69, 9.17) is 13.9 Å². The minimum Gasteiger partial charge on any atom is -0.460 e. The third-order valence-corrected chi connectivity index (χ3v) is 3.34. The monoisotopic (exact) mass is 322 g/mol. The van der Waals surface area contributed by atoms with Gasteiger partial charge in [0.05, 0.1) is 12.1 Å². The summed E-state index contributed by atoms with van der Waals surface area (Å²) in [6.45, 7) is 6.25. The topological polar surface area (TPSA) is 82.7 Å². The van der Waals surface area contributed by atoms with Gasteiger partial charge < -0.3 is 23.8 Å². The van der Waals surface area contributed by atoms with E-state index >= 15 is 0 Å². The van der Waals surface area contributed by atoms with Crippen molar-refractivity contribution in [3.8, 4) is 0 Å². The smallest absolute Gasteiger partial charge is 0.355 e. The summed E-state index contributed by atoms with van der Waals surface area (Å²) in [7, 11) is 1.55. The van der Waals surface area contributed by atoms with Gasteiger partial charge in [0, 0.05) is 31.8 Å². The van der Waals surface area contributed by atoms with Crippen molar-refractivity contribution in [2.75, 3.05) is 26.9 Å². The molecule has 0 atom stereocenters. The molecule has 0 unspecified atom stereocenters. The van der Waals surface area contributed by atoms with Crippen molar-refractivity contribution in [3.63, 3.8) is 0 Å². The van der Waals surface area contributed by atoms with Crippen LogP contribution in [0.2, 0.25) is 0 Å². The molecule has 0 aliphatic heterocycles. The molecule has 1 amide bonds.